The van der Waals surface area contributed by atoms with Gasteiger partial charge in [-0.2, -0.15) is 0 Å². The maximum atomic E-state index is 13.3. The van der Waals surface area contributed by atoms with Gasteiger partial charge in [-0.1, -0.05) is 39.1 Å². The Morgan fingerprint density at radius 1 is 1.03 bits per heavy atom. The Bertz CT molecular complexity index is 1270. The molecule has 0 fully saturated rings. The number of anilines is 1. The lowest BCUT2D eigenvalue weighted by molar-refractivity contribution is 0.0921. The Kier molecular flexibility index (Phi) is 8.40. The van der Waals surface area contributed by atoms with Crippen molar-refractivity contribution in [2.24, 2.45) is 0 Å². The van der Waals surface area contributed by atoms with Gasteiger partial charge in [0, 0.05) is 15.1 Å². The van der Waals surface area contributed by atoms with Crippen LogP contribution in [0.25, 0.3) is 5.82 Å². The van der Waals surface area contributed by atoms with Crippen molar-refractivity contribution >= 4 is 94.6 Å². The van der Waals surface area contributed by atoms with Crippen molar-refractivity contribution in [1.82, 2.24) is 20.4 Å². The Morgan fingerprint density at radius 3 is 2.42 bits per heavy atom. The Balaban J connectivity index is 2.01. The van der Waals surface area contributed by atoms with E-state index in [1.807, 2.05) is 0 Å². The first-order valence-electron chi connectivity index (χ1n) is 8.76. The van der Waals surface area contributed by atoms with Crippen LogP contribution in [-0.4, -0.2) is 34.6 Å². The average Bonchev–Trinajstić information content (AvgIpc) is 3.08. The smallest absolute Gasteiger partial charge is 0.425 e. The molecule has 0 aliphatic rings. The minimum Gasteiger partial charge on any atom is -0.452 e. The number of nitrogens with one attached hydrogen (secondary N) is 3. The van der Waals surface area contributed by atoms with Crippen LogP contribution in [0.5, 0.6) is 0 Å². The van der Waals surface area contributed by atoms with Gasteiger partial charge in [-0.3, -0.25) is 19.6 Å². The molecule has 172 valence electrons. The average molecular weight is 685 g/mol. The van der Waals surface area contributed by atoms with Crippen LogP contribution in [0.2, 0.25) is 10.2 Å². The molecule has 9 nitrogen and oxygen atoms in total. The van der Waals surface area contributed by atoms with Crippen LogP contribution in [0.4, 0.5) is 10.5 Å². The van der Waals surface area contributed by atoms with Gasteiger partial charge in [0.15, 0.2) is 5.82 Å². The third kappa shape index (κ3) is 5.69. The van der Waals surface area contributed by atoms with Crippen LogP contribution in [-0.2, 0) is 4.74 Å². The second-order valence-corrected chi connectivity index (χ2v) is 9.54. The molecule has 0 saturated heterocycles. The molecule has 33 heavy (non-hydrogen) atoms. The summed E-state index contributed by atoms with van der Waals surface area (Å²) in [6, 6.07) is 7.85. The molecule has 14 heteroatoms. The number of pyridine rings is 1. The molecule has 0 unspecified atom stereocenters. The van der Waals surface area contributed by atoms with E-state index >= 15 is 0 Å². The standard InChI is InChI=1S/C19H12Br3Cl2N5O4/c1-33-19(32)28-27-17(30)9-5-8(20)6-10(21)14(9)26-18(31)13-7-11(22)15(24)29(13)16-12(23)3-2-4-25-16/h2-7H,1H3,(H,26,31)(H,27,30)(H,28,32). The molecule has 3 aromatic rings. The summed E-state index contributed by atoms with van der Waals surface area (Å²) in [5, 5.41) is 3.14. The predicted octanol–water partition coefficient (Wildman–Crippen LogP) is 5.72. The van der Waals surface area contributed by atoms with Gasteiger partial charge in [-0.25, -0.2) is 15.2 Å². The third-order valence-electron chi connectivity index (χ3n) is 4.08. The molecular weight excluding hydrogens is 673 g/mol. The van der Waals surface area contributed by atoms with E-state index in [1.165, 1.54) is 22.9 Å². The summed E-state index contributed by atoms with van der Waals surface area (Å²) in [6.07, 6.45) is 0.641. The van der Waals surface area contributed by atoms with Crippen LogP contribution >= 0.6 is 71.0 Å². The zero-order chi connectivity index (χ0) is 24.3. The Labute approximate surface area is 222 Å². The van der Waals surface area contributed by atoms with Crippen molar-refractivity contribution in [3.8, 4) is 5.82 Å². The largest absolute Gasteiger partial charge is 0.452 e. The first-order valence-corrected chi connectivity index (χ1v) is 11.9. The highest BCUT2D eigenvalue weighted by Crippen LogP contribution is 2.34. The third-order valence-corrected chi connectivity index (χ3v) is 6.67. The molecule has 0 bridgehead atoms. The number of methoxy groups -OCH3 is 1. The summed E-state index contributed by atoms with van der Waals surface area (Å²) >= 11 is 22.6. The van der Waals surface area contributed by atoms with Gasteiger partial charge >= 0.3 is 6.09 Å². The van der Waals surface area contributed by atoms with Crippen molar-refractivity contribution < 1.29 is 19.1 Å². The van der Waals surface area contributed by atoms with Crippen LogP contribution in [0.1, 0.15) is 20.8 Å². The predicted molar refractivity (Wildman–Crippen MR) is 134 cm³/mol. The lowest BCUT2D eigenvalue weighted by Gasteiger charge is -2.15. The highest BCUT2D eigenvalue weighted by atomic mass is 79.9. The summed E-state index contributed by atoms with van der Waals surface area (Å²) in [4.78, 5) is 41.4. The number of carbonyl (C=O) groups excluding carboxylic acids is 3. The number of hydrogen-bond donors (Lipinski definition) is 3. The SMILES string of the molecule is COC(=O)NNC(=O)c1cc(Br)cc(Br)c1NC(=O)c1cc(Br)c(Cl)n1-c1ncccc1Cl. The van der Waals surface area contributed by atoms with E-state index in [4.69, 9.17) is 23.2 Å². The number of hydrogen-bond acceptors (Lipinski definition) is 5. The van der Waals surface area contributed by atoms with Crippen molar-refractivity contribution in [3.63, 3.8) is 0 Å². The zero-order valence-corrected chi connectivity index (χ0v) is 22.7. The van der Waals surface area contributed by atoms with Crippen LogP contribution in [0, 0.1) is 0 Å². The number of carbonyl (C=O) groups is 3. The zero-order valence-electron chi connectivity index (χ0n) is 16.4. The number of ether oxygens (including phenoxy) is 1. The van der Waals surface area contributed by atoms with Gasteiger partial charge in [-0.05, 0) is 62.2 Å². The molecular formula is C19H12Br3Cl2N5O4. The molecule has 0 aliphatic carbocycles. The van der Waals surface area contributed by atoms with E-state index in [9.17, 15) is 14.4 Å². The topological polar surface area (TPSA) is 114 Å². The summed E-state index contributed by atoms with van der Waals surface area (Å²) in [6.45, 7) is 0. The normalized spacial score (nSPS) is 10.5. The molecule has 0 spiro atoms. The molecule has 0 aliphatic heterocycles. The maximum absolute atomic E-state index is 13.3. The van der Waals surface area contributed by atoms with Gasteiger partial charge in [0.25, 0.3) is 11.8 Å². The maximum Gasteiger partial charge on any atom is 0.425 e. The van der Waals surface area contributed by atoms with Crippen molar-refractivity contribution in [1.29, 1.82) is 0 Å². The lowest BCUT2D eigenvalue weighted by Crippen LogP contribution is -2.41. The number of aromatic nitrogens is 2. The summed E-state index contributed by atoms with van der Waals surface area (Å²) in [5.41, 5.74) is 4.55. The first-order chi connectivity index (χ1) is 15.6. The van der Waals surface area contributed by atoms with Gasteiger partial charge in [0.2, 0.25) is 0 Å². The fraction of sp³-hybridized carbons (Fsp3) is 0.0526. The van der Waals surface area contributed by atoms with Crippen LogP contribution in [0.3, 0.4) is 0 Å². The number of nitrogens with zero attached hydrogens (tertiary/aromatic N) is 2. The van der Waals surface area contributed by atoms with E-state index in [1.54, 1.807) is 18.2 Å². The highest BCUT2D eigenvalue weighted by Gasteiger charge is 2.24. The van der Waals surface area contributed by atoms with Crippen molar-refractivity contribution in [2.45, 2.75) is 0 Å². The summed E-state index contributed by atoms with van der Waals surface area (Å²) in [5.74, 6) is -1.07. The molecule has 0 atom stereocenters. The fourth-order valence-electron chi connectivity index (χ4n) is 2.66. The van der Waals surface area contributed by atoms with Crippen molar-refractivity contribution in [2.75, 3.05) is 12.4 Å². The molecule has 3 N–H and O–H groups in total. The second-order valence-electron chi connectivity index (χ2n) is 6.15. The molecule has 2 aromatic heterocycles. The molecule has 3 amide bonds. The lowest BCUT2D eigenvalue weighted by atomic mass is 10.1. The monoisotopic (exact) mass is 681 g/mol. The molecule has 0 radical (unpaired) electrons. The highest BCUT2D eigenvalue weighted by molar-refractivity contribution is 9.11. The minimum atomic E-state index is -0.868. The number of amides is 3. The fourth-order valence-corrected chi connectivity index (χ4v) is 4.81. The van der Waals surface area contributed by atoms with Gasteiger partial charge < -0.3 is 10.1 Å². The van der Waals surface area contributed by atoms with E-state index in [0.29, 0.717) is 13.4 Å². The summed E-state index contributed by atoms with van der Waals surface area (Å²) in [7, 11) is 1.15. The quantitative estimate of drug-likeness (QED) is 0.305. The second kappa shape index (κ2) is 10.9. The molecule has 1 aromatic carbocycles. The Morgan fingerprint density at radius 2 is 1.76 bits per heavy atom. The minimum absolute atomic E-state index is 0.0418. The van der Waals surface area contributed by atoms with Gasteiger partial charge in [0.1, 0.15) is 10.8 Å². The van der Waals surface area contributed by atoms with E-state index in [0.717, 1.165) is 7.11 Å². The number of benzene rings is 1. The molecule has 3 rings (SSSR count). The molecule has 0 saturated carbocycles. The molecule has 2 heterocycles. The van der Waals surface area contributed by atoms with Crippen molar-refractivity contribution in [3.05, 3.63) is 71.4 Å². The van der Waals surface area contributed by atoms with Crippen LogP contribution < -0.4 is 16.2 Å². The number of hydrazine groups is 1. The van der Waals surface area contributed by atoms with E-state index < -0.39 is 17.9 Å². The van der Waals surface area contributed by atoms with Gasteiger partial charge in [0.05, 0.1) is 27.9 Å². The number of rotatable bonds is 4. The van der Waals surface area contributed by atoms with Crippen LogP contribution in [0.15, 0.2) is 49.9 Å². The van der Waals surface area contributed by atoms with E-state index in [-0.39, 0.29) is 32.9 Å². The first kappa shape index (κ1) is 25.5. The van der Waals surface area contributed by atoms with E-state index in [2.05, 4.69) is 73.7 Å². The van der Waals surface area contributed by atoms with Gasteiger partial charge in [-0.15, -0.1) is 0 Å². The summed E-state index contributed by atoms with van der Waals surface area (Å²) < 4.78 is 7.17. The Hall–Kier alpha value is -2.12. The number of halogens is 5.